The Bertz CT molecular complexity index is 901. The minimum atomic E-state index is -4.52. The molecule has 0 N–H and O–H groups in total. The SMILES string of the molecule is [CH2]=[Ti]([CH]=O)([CH]=O)([CH]1C=Cc2ccccc21)[CH]1C=Cc2ccccc21. The van der Waals surface area contributed by atoms with Crippen molar-refractivity contribution in [3.63, 3.8) is 0 Å². The monoisotopic (exact) mass is 350 g/mol. The van der Waals surface area contributed by atoms with Gasteiger partial charge in [0, 0.05) is 0 Å². The first-order valence-corrected chi connectivity index (χ1v) is 12.8. The molecule has 0 saturated carbocycles. The molecule has 24 heavy (non-hydrogen) atoms. The van der Waals surface area contributed by atoms with Gasteiger partial charge in [0.25, 0.3) is 0 Å². The van der Waals surface area contributed by atoms with Crippen molar-refractivity contribution in [2.75, 3.05) is 0 Å². The van der Waals surface area contributed by atoms with Gasteiger partial charge in [0.1, 0.15) is 0 Å². The quantitative estimate of drug-likeness (QED) is 0.616. The number of carbonyl (C=O) groups excluding carboxylic acids is 2. The van der Waals surface area contributed by atoms with E-state index in [2.05, 4.69) is 4.82 Å². The van der Waals surface area contributed by atoms with E-state index in [-0.39, 0.29) is 8.45 Å². The summed E-state index contributed by atoms with van der Waals surface area (Å²) in [6.45, 7) is 0. The van der Waals surface area contributed by atoms with E-state index in [4.69, 9.17) is 0 Å². The molecular weight excluding hydrogens is 332 g/mol. The van der Waals surface area contributed by atoms with Gasteiger partial charge in [-0.25, -0.2) is 0 Å². The molecule has 0 aliphatic heterocycles. The molecule has 4 rings (SSSR count). The van der Waals surface area contributed by atoms with Gasteiger partial charge in [-0.1, -0.05) is 0 Å². The molecular formula is C21H18O2Ti. The van der Waals surface area contributed by atoms with Crippen molar-refractivity contribution in [1.82, 2.24) is 0 Å². The Balaban J connectivity index is 1.97. The van der Waals surface area contributed by atoms with Crippen LogP contribution in [0.2, 0.25) is 0 Å². The Hall–Kier alpha value is -2.16. The first-order valence-electron chi connectivity index (χ1n) is 8.12. The van der Waals surface area contributed by atoms with Crippen LogP contribution >= 0.6 is 0 Å². The molecule has 118 valence electrons. The second kappa shape index (κ2) is 5.17. The summed E-state index contributed by atoms with van der Waals surface area (Å²) in [5, 5.41) is 0. The van der Waals surface area contributed by atoms with Gasteiger partial charge in [-0.05, 0) is 0 Å². The Labute approximate surface area is 141 Å². The summed E-state index contributed by atoms with van der Waals surface area (Å²) >= 11 is -4.52. The third kappa shape index (κ3) is 1.84. The molecule has 2 nitrogen and oxygen atoms in total. The summed E-state index contributed by atoms with van der Waals surface area (Å²) in [7, 11) is 0. The fourth-order valence-electron chi connectivity index (χ4n) is 4.24. The van der Waals surface area contributed by atoms with Crippen molar-refractivity contribution in [2.24, 2.45) is 0 Å². The van der Waals surface area contributed by atoms with E-state index < -0.39 is 14.8 Å². The molecule has 0 radical (unpaired) electrons. The molecule has 2 aliphatic carbocycles. The van der Waals surface area contributed by atoms with Gasteiger partial charge < -0.3 is 0 Å². The Kier molecular flexibility index (Phi) is 3.31. The van der Waals surface area contributed by atoms with Crippen molar-refractivity contribution in [2.45, 2.75) is 8.45 Å². The molecule has 0 amide bonds. The van der Waals surface area contributed by atoms with Crippen molar-refractivity contribution < 1.29 is 24.4 Å². The summed E-state index contributed by atoms with van der Waals surface area (Å²) in [6.07, 6.45) is 8.08. The maximum absolute atomic E-state index is 12.5. The standard InChI is InChI=1S/2C9H7.2CHO.CH2.Ti/c2*1-2-5-9-7-3-6-8(9)4-1;2*1-2;;/h2*1-7H;2*1H;1H2;. The molecule has 0 bridgehead atoms. The van der Waals surface area contributed by atoms with E-state index in [1.807, 2.05) is 72.8 Å². The van der Waals surface area contributed by atoms with Crippen LogP contribution in [0.15, 0.2) is 60.7 Å². The van der Waals surface area contributed by atoms with Crippen LogP contribution in [0.1, 0.15) is 30.7 Å². The first kappa shape index (κ1) is 15.4. The summed E-state index contributed by atoms with van der Waals surface area (Å²) in [6, 6.07) is 16.0. The maximum atomic E-state index is 12.5. The molecule has 0 fully saturated rings. The van der Waals surface area contributed by atoms with Crippen molar-refractivity contribution in [1.29, 1.82) is 0 Å². The predicted molar refractivity (Wildman–Crippen MR) is 97.1 cm³/mol. The van der Waals surface area contributed by atoms with Crippen LogP contribution in [-0.2, 0) is 24.4 Å². The molecule has 0 spiro atoms. The Morgan fingerprint density at radius 1 is 0.750 bits per heavy atom. The van der Waals surface area contributed by atoms with Gasteiger partial charge in [-0.2, -0.15) is 0 Å². The topological polar surface area (TPSA) is 34.1 Å². The molecule has 2 aromatic rings. The van der Waals surface area contributed by atoms with E-state index >= 15 is 0 Å². The van der Waals surface area contributed by atoms with Crippen LogP contribution in [0.3, 0.4) is 0 Å². The van der Waals surface area contributed by atoms with E-state index in [9.17, 15) is 9.59 Å². The molecule has 3 heteroatoms. The van der Waals surface area contributed by atoms with Crippen molar-refractivity contribution in [3.05, 3.63) is 82.9 Å². The summed E-state index contributed by atoms with van der Waals surface area (Å²) in [5.74, 6) is 0. The minimum absolute atomic E-state index is 0.200. The molecule has 0 heterocycles. The predicted octanol–water partition coefficient (Wildman–Crippen LogP) is 4.02. The molecule has 2 unspecified atom stereocenters. The van der Waals surface area contributed by atoms with Crippen LogP contribution < -0.4 is 0 Å². The summed E-state index contributed by atoms with van der Waals surface area (Å²) in [4.78, 5) is 29.4. The van der Waals surface area contributed by atoms with Crippen molar-refractivity contribution in [3.8, 4) is 0 Å². The second-order valence-electron chi connectivity index (χ2n) is 6.98. The zero-order chi connectivity index (χ0) is 16.8. The van der Waals surface area contributed by atoms with Crippen LogP contribution in [-0.4, -0.2) is 14.0 Å². The first-order chi connectivity index (χ1) is 11.6. The van der Waals surface area contributed by atoms with Gasteiger partial charge in [0.05, 0.1) is 0 Å². The average Bonchev–Trinajstić information content (AvgIpc) is 3.26. The van der Waals surface area contributed by atoms with Gasteiger partial charge in [-0.15, -0.1) is 0 Å². The zero-order valence-corrected chi connectivity index (χ0v) is 14.8. The fourth-order valence-corrected chi connectivity index (χ4v) is 10.8. The molecule has 0 aromatic heterocycles. The number of benzene rings is 2. The summed E-state index contributed by atoms with van der Waals surface area (Å²) in [5.41, 5.74) is 4.28. The summed E-state index contributed by atoms with van der Waals surface area (Å²) < 4.78 is 1.49. The average molecular weight is 350 g/mol. The van der Waals surface area contributed by atoms with Gasteiger partial charge in [-0.3, -0.25) is 0 Å². The van der Waals surface area contributed by atoms with Crippen molar-refractivity contribution >= 4 is 26.2 Å². The van der Waals surface area contributed by atoms with E-state index in [1.54, 1.807) is 0 Å². The Morgan fingerprint density at radius 3 is 1.58 bits per heavy atom. The molecule has 0 saturated heterocycles. The van der Waals surface area contributed by atoms with Gasteiger partial charge in [0.2, 0.25) is 0 Å². The molecule has 2 aromatic carbocycles. The van der Waals surface area contributed by atoms with E-state index in [1.165, 1.54) is 0 Å². The molecule has 2 aliphatic rings. The van der Waals surface area contributed by atoms with E-state index in [0.29, 0.717) is 0 Å². The third-order valence-electron chi connectivity index (χ3n) is 5.69. The Morgan fingerprint density at radius 2 is 1.17 bits per heavy atom. The normalized spacial score (nSPS) is 21.4. The van der Waals surface area contributed by atoms with Crippen LogP contribution in [0.25, 0.3) is 12.2 Å². The van der Waals surface area contributed by atoms with Crippen LogP contribution in [0.4, 0.5) is 0 Å². The molecule has 2 atom stereocenters. The number of hydrogen-bond acceptors (Lipinski definition) is 2. The van der Waals surface area contributed by atoms with Crippen LogP contribution in [0, 0.1) is 0 Å². The number of hydrogen-bond donors (Lipinski definition) is 0. The van der Waals surface area contributed by atoms with E-state index in [0.717, 1.165) is 31.4 Å². The fraction of sp³-hybridized carbons (Fsp3) is 0.0952. The van der Waals surface area contributed by atoms with Gasteiger partial charge in [0.15, 0.2) is 0 Å². The number of rotatable bonds is 4. The second-order valence-corrected chi connectivity index (χ2v) is 15.3. The number of carbonyl (C=O) groups is 2. The number of allylic oxidation sites excluding steroid dienone is 2. The zero-order valence-electron chi connectivity index (χ0n) is 13.3. The van der Waals surface area contributed by atoms with Gasteiger partial charge >= 0.3 is 142 Å². The van der Waals surface area contributed by atoms with Crippen LogP contribution in [0.5, 0.6) is 0 Å². The third-order valence-corrected chi connectivity index (χ3v) is 13.8. The number of fused-ring (bicyclic) bond motifs is 2.